The molecule has 32 heavy (non-hydrogen) atoms. The van der Waals surface area contributed by atoms with Crippen LogP contribution < -0.4 is 0 Å². The summed E-state index contributed by atoms with van der Waals surface area (Å²) in [6.07, 6.45) is 6.42. The van der Waals surface area contributed by atoms with E-state index in [4.69, 9.17) is 14.9 Å². The first-order valence-electron chi connectivity index (χ1n) is 10.7. The standard InChI is InChI=1S/C20H30N2O2.C4H4O4/c1-4-24-14-12-20(23)22-16-17(2)21(15-18(22)3)13-8-11-19-9-6-5-7-10-19;5-3(6)1-2-4(7)8/h5-7,9-10,12,14,17-18H,4,8,11,13,15-16H2,1-3H3;1-2H,(H,5,6)(H,7,8)/b;2-1-/t17-,18+;/m1./s1. The van der Waals surface area contributed by atoms with E-state index in [1.165, 1.54) is 17.9 Å². The third kappa shape index (κ3) is 10.8. The monoisotopic (exact) mass is 446 g/mol. The van der Waals surface area contributed by atoms with Crippen molar-refractivity contribution in [2.45, 2.75) is 45.7 Å². The van der Waals surface area contributed by atoms with Gasteiger partial charge in [0.15, 0.2) is 0 Å². The highest BCUT2D eigenvalue weighted by Crippen LogP contribution is 2.17. The number of aliphatic carboxylic acids is 2. The topological polar surface area (TPSA) is 107 Å². The van der Waals surface area contributed by atoms with Gasteiger partial charge in [0.25, 0.3) is 0 Å². The number of carboxylic acid groups (broad SMARTS) is 2. The summed E-state index contributed by atoms with van der Waals surface area (Å²) in [6.45, 7) is 9.63. The van der Waals surface area contributed by atoms with Gasteiger partial charge in [0.2, 0.25) is 5.91 Å². The lowest BCUT2D eigenvalue weighted by molar-refractivity contribution is -0.134. The van der Waals surface area contributed by atoms with E-state index in [-0.39, 0.29) is 11.9 Å². The van der Waals surface area contributed by atoms with Crippen molar-refractivity contribution in [3.8, 4) is 0 Å². The normalized spacial score (nSPS) is 18.9. The van der Waals surface area contributed by atoms with Crippen molar-refractivity contribution < 1.29 is 29.3 Å². The molecule has 2 rings (SSSR count). The highest BCUT2D eigenvalue weighted by molar-refractivity contribution is 5.89. The van der Waals surface area contributed by atoms with Crippen LogP contribution >= 0.6 is 0 Å². The van der Waals surface area contributed by atoms with Crippen molar-refractivity contribution in [3.63, 3.8) is 0 Å². The molecule has 2 N–H and O–H groups in total. The molecular weight excluding hydrogens is 412 g/mol. The molecule has 0 radical (unpaired) electrons. The lowest BCUT2D eigenvalue weighted by Gasteiger charge is -2.43. The summed E-state index contributed by atoms with van der Waals surface area (Å²) in [4.78, 5) is 35.8. The molecule has 2 atom stereocenters. The molecule has 0 spiro atoms. The number of aryl methyl sites for hydroxylation is 1. The Labute approximate surface area is 189 Å². The average molecular weight is 447 g/mol. The number of amides is 1. The van der Waals surface area contributed by atoms with E-state index < -0.39 is 11.9 Å². The van der Waals surface area contributed by atoms with Crippen molar-refractivity contribution in [1.29, 1.82) is 0 Å². The zero-order valence-electron chi connectivity index (χ0n) is 19.0. The largest absolute Gasteiger partial charge is 0.501 e. The second kappa shape index (κ2) is 14.8. The van der Waals surface area contributed by atoms with Crippen molar-refractivity contribution >= 4 is 17.8 Å². The third-order valence-electron chi connectivity index (χ3n) is 4.99. The van der Waals surface area contributed by atoms with E-state index in [0.29, 0.717) is 24.8 Å². The second-order valence-corrected chi connectivity index (χ2v) is 7.54. The summed E-state index contributed by atoms with van der Waals surface area (Å²) in [5, 5.41) is 15.6. The molecule has 8 nitrogen and oxygen atoms in total. The number of benzene rings is 1. The Hall–Kier alpha value is -3.13. The Morgan fingerprint density at radius 2 is 1.62 bits per heavy atom. The van der Waals surface area contributed by atoms with Gasteiger partial charge < -0.3 is 19.8 Å². The van der Waals surface area contributed by atoms with E-state index in [2.05, 4.69) is 49.1 Å². The van der Waals surface area contributed by atoms with Crippen LogP contribution in [0.2, 0.25) is 0 Å². The van der Waals surface area contributed by atoms with Crippen LogP contribution in [0.15, 0.2) is 54.8 Å². The molecule has 1 aliphatic rings. The van der Waals surface area contributed by atoms with Crippen LogP contribution in [0.1, 0.15) is 32.8 Å². The summed E-state index contributed by atoms with van der Waals surface area (Å²) >= 11 is 0. The minimum absolute atomic E-state index is 0.0479. The number of piperazine rings is 1. The van der Waals surface area contributed by atoms with Gasteiger partial charge in [0.1, 0.15) is 0 Å². The van der Waals surface area contributed by atoms with Crippen LogP contribution in [-0.4, -0.2) is 76.2 Å². The highest BCUT2D eigenvalue weighted by atomic mass is 16.5. The highest BCUT2D eigenvalue weighted by Gasteiger charge is 2.30. The molecule has 1 fully saturated rings. The van der Waals surface area contributed by atoms with Gasteiger partial charge in [0, 0.05) is 43.4 Å². The molecule has 8 heteroatoms. The maximum absolute atomic E-state index is 12.3. The molecule has 0 unspecified atom stereocenters. The van der Waals surface area contributed by atoms with E-state index in [9.17, 15) is 14.4 Å². The minimum atomic E-state index is -1.26. The van der Waals surface area contributed by atoms with Gasteiger partial charge in [-0.05, 0) is 45.7 Å². The maximum Gasteiger partial charge on any atom is 0.328 e. The van der Waals surface area contributed by atoms with Crippen molar-refractivity contribution in [2.24, 2.45) is 0 Å². The Morgan fingerprint density at radius 1 is 1.00 bits per heavy atom. The first kappa shape index (κ1) is 26.9. The lowest BCUT2D eigenvalue weighted by Crippen LogP contribution is -2.57. The Balaban J connectivity index is 0.000000547. The van der Waals surface area contributed by atoms with Crippen molar-refractivity contribution in [2.75, 3.05) is 26.2 Å². The van der Waals surface area contributed by atoms with Crippen LogP contribution in [0, 0.1) is 0 Å². The summed E-state index contributed by atoms with van der Waals surface area (Å²) in [6, 6.07) is 11.3. The lowest BCUT2D eigenvalue weighted by atomic mass is 10.1. The predicted molar refractivity (Wildman–Crippen MR) is 122 cm³/mol. The molecule has 1 aliphatic heterocycles. The van der Waals surface area contributed by atoms with E-state index in [0.717, 1.165) is 32.5 Å². The van der Waals surface area contributed by atoms with E-state index in [1.807, 2.05) is 11.8 Å². The number of hydrogen-bond acceptors (Lipinski definition) is 5. The Bertz CT molecular complexity index is 762. The minimum Gasteiger partial charge on any atom is -0.501 e. The Morgan fingerprint density at radius 3 is 2.19 bits per heavy atom. The third-order valence-corrected chi connectivity index (χ3v) is 4.99. The molecule has 1 heterocycles. The van der Waals surface area contributed by atoms with Gasteiger partial charge in [-0.3, -0.25) is 9.69 Å². The number of rotatable bonds is 9. The van der Waals surface area contributed by atoms with Gasteiger partial charge in [-0.25, -0.2) is 9.59 Å². The van der Waals surface area contributed by atoms with E-state index in [1.54, 1.807) is 0 Å². The summed E-state index contributed by atoms with van der Waals surface area (Å²) < 4.78 is 5.13. The van der Waals surface area contributed by atoms with Crippen LogP contribution in [0.4, 0.5) is 0 Å². The van der Waals surface area contributed by atoms with Crippen molar-refractivity contribution in [1.82, 2.24) is 9.80 Å². The molecule has 1 saturated heterocycles. The molecule has 176 valence electrons. The summed E-state index contributed by atoms with van der Waals surface area (Å²) in [7, 11) is 0. The molecule has 1 amide bonds. The average Bonchev–Trinajstić information content (AvgIpc) is 2.75. The number of carboxylic acids is 2. The molecule has 0 saturated carbocycles. The molecule has 0 aliphatic carbocycles. The zero-order chi connectivity index (χ0) is 23.9. The first-order chi connectivity index (χ1) is 15.2. The summed E-state index contributed by atoms with van der Waals surface area (Å²) in [5.41, 5.74) is 1.40. The number of hydrogen-bond donors (Lipinski definition) is 2. The number of nitrogens with zero attached hydrogens (tertiary/aromatic N) is 2. The molecular formula is C24H34N2O6. The van der Waals surface area contributed by atoms with Gasteiger partial charge in [0.05, 0.1) is 12.9 Å². The summed E-state index contributed by atoms with van der Waals surface area (Å²) in [5.74, 6) is -2.47. The van der Waals surface area contributed by atoms with Crippen LogP contribution in [0.5, 0.6) is 0 Å². The second-order valence-electron chi connectivity index (χ2n) is 7.54. The fourth-order valence-corrected chi connectivity index (χ4v) is 3.39. The Kier molecular flexibility index (Phi) is 12.4. The van der Waals surface area contributed by atoms with Gasteiger partial charge in [-0.15, -0.1) is 0 Å². The van der Waals surface area contributed by atoms with Gasteiger partial charge >= 0.3 is 11.9 Å². The number of ether oxygens (including phenoxy) is 1. The van der Waals surface area contributed by atoms with Crippen LogP contribution in [0.3, 0.4) is 0 Å². The number of carbonyl (C=O) groups excluding carboxylic acids is 1. The molecule has 1 aromatic rings. The fourth-order valence-electron chi connectivity index (χ4n) is 3.39. The maximum atomic E-state index is 12.3. The molecule has 1 aromatic carbocycles. The first-order valence-corrected chi connectivity index (χ1v) is 10.7. The predicted octanol–water partition coefficient (Wildman–Crippen LogP) is 2.80. The molecule has 0 aromatic heterocycles. The van der Waals surface area contributed by atoms with Crippen LogP contribution in [-0.2, 0) is 25.5 Å². The van der Waals surface area contributed by atoms with Crippen molar-refractivity contribution in [3.05, 3.63) is 60.4 Å². The fraction of sp³-hybridized carbons (Fsp3) is 0.458. The van der Waals surface area contributed by atoms with Crippen LogP contribution in [0.25, 0.3) is 0 Å². The smallest absolute Gasteiger partial charge is 0.328 e. The van der Waals surface area contributed by atoms with Gasteiger partial charge in [-0.1, -0.05) is 30.3 Å². The number of carbonyl (C=O) groups is 3. The SMILES string of the molecule is CCOC=CC(=O)N1C[C@@H](C)N(CCCc2ccccc2)C[C@@H]1C.O=C(O)/C=C\C(=O)O. The van der Waals surface area contributed by atoms with Gasteiger partial charge in [-0.2, -0.15) is 0 Å². The van der Waals surface area contributed by atoms with E-state index >= 15 is 0 Å². The zero-order valence-corrected chi connectivity index (χ0v) is 19.0. The quantitative estimate of drug-likeness (QED) is 0.444. The molecule has 0 bridgehead atoms.